The number of rotatable bonds is 4. The van der Waals surface area contributed by atoms with Crippen LogP contribution in [0.1, 0.15) is 49.1 Å². The molecule has 0 radical (unpaired) electrons. The lowest BCUT2D eigenvalue weighted by molar-refractivity contribution is -0.121. The van der Waals surface area contributed by atoms with Crippen LogP contribution in [-0.4, -0.2) is 26.5 Å². The van der Waals surface area contributed by atoms with Gasteiger partial charge in [-0.1, -0.05) is 49.1 Å². The Kier molecular flexibility index (Phi) is 4.92. The predicted octanol–water partition coefficient (Wildman–Crippen LogP) is 4.00. The van der Waals surface area contributed by atoms with E-state index in [2.05, 4.69) is 41.6 Å². The van der Waals surface area contributed by atoms with Crippen molar-refractivity contribution in [3.8, 4) is 11.3 Å². The largest absolute Gasteiger partial charge is 0.353 e. The van der Waals surface area contributed by atoms with Gasteiger partial charge in [-0.3, -0.25) is 4.79 Å². The number of nitrogens with zero attached hydrogens (tertiary/aromatic N) is 3. The minimum Gasteiger partial charge on any atom is -0.353 e. The van der Waals surface area contributed by atoms with Crippen molar-refractivity contribution in [2.45, 2.75) is 58.4 Å². The van der Waals surface area contributed by atoms with E-state index >= 15 is 0 Å². The molecule has 1 aliphatic carbocycles. The molecular weight excluding hydrogens is 336 g/mol. The molecule has 0 aliphatic heterocycles. The maximum atomic E-state index is 12.8. The molecule has 2 heterocycles. The first-order chi connectivity index (χ1) is 13.1. The normalized spacial score (nSPS) is 15.2. The Morgan fingerprint density at radius 1 is 1.07 bits per heavy atom. The van der Waals surface area contributed by atoms with Crippen LogP contribution in [0, 0.1) is 13.8 Å². The maximum Gasteiger partial charge on any atom is 0.226 e. The number of nitrogens with one attached hydrogen (secondary N) is 1. The van der Waals surface area contributed by atoms with Crippen molar-refractivity contribution >= 4 is 11.6 Å². The molecule has 0 spiro atoms. The van der Waals surface area contributed by atoms with Gasteiger partial charge in [0.25, 0.3) is 0 Å². The summed E-state index contributed by atoms with van der Waals surface area (Å²) < 4.78 is 1.82. The molecule has 1 aromatic carbocycles. The minimum atomic E-state index is 0.0559. The lowest BCUT2D eigenvalue weighted by Gasteiger charge is -2.22. The molecule has 1 amide bonds. The average molecular weight is 362 g/mol. The fourth-order valence-electron chi connectivity index (χ4n) is 3.85. The molecule has 27 heavy (non-hydrogen) atoms. The summed E-state index contributed by atoms with van der Waals surface area (Å²) in [6.45, 7) is 4.02. The summed E-state index contributed by atoms with van der Waals surface area (Å²) in [4.78, 5) is 17.5. The SMILES string of the molecule is Cc1ccc(-c2nc3ccc(C)nn3c2CC(=O)NC2CCCCC2)cc1. The van der Waals surface area contributed by atoms with E-state index in [0.717, 1.165) is 41.1 Å². The Morgan fingerprint density at radius 2 is 1.81 bits per heavy atom. The van der Waals surface area contributed by atoms with Gasteiger partial charge < -0.3 is 5.32 Å². The Bertz CT molecular complexity index is 952. The van der Waals surface area contributed by atoms with Crippen molar-refractivity contribution in [3.05, 3.63) is 53.3 Å². The molecule has 0 bridgehead atoms. The third-order valence-corrected chi connectivity index (χ3v) is 5.33. The molecule has 1 saturated carbocycles. The van der Waals surface area contributed by atoms with Crippen molar-refractivity contribution in [2.24, 2.45) is 0 Å². The van der Waals surface area contributed by atoms with Crippen molar-refractivity contribution in [1.82, 2.24) is 19.9 Å². The van der Waals surface area contributed by atoms with Gasteiger partial charge in [0.05, 0.1) is 23.5 Å². The number of hydrogen-bond donors (Lipinski definition) is 1. The Morgan fingerprint density at radius 3 is 2.56 bits per heavy atom. The minimum absolute atomic E-state index is 0.0559. The summed E-state index contributed by atoms with van der Waals surface area (Å²) in [6.07, 6.45) is 6.14. The second kappa shape index (κ2) is 7.51. The zero-order valence-corrected chi connectivity index (χ0v) is 16.0. The Labute approximate surface area is 159 Å². The van der Waals surface area contributed by atoms with Gasteiger partial charge in [-0.2, -0.15) is 5.10 Å². The van der Waals surface area contributed by atoms with Crippen molar-refractivity contribution in [2.75, 3.05) is 0 Å². The molecular formula is C22H26N4O. The molecule has 2 aromatic heterocycles. The van der Waals surface area contributed by atoms with Crippen LogP contribution in [0.2, 0.25) is 0 Å². The van der Waals surface area contributed by atoms with Crippen LogP contribution in [0.4, 0.5) is 0 Å². The first kappa shape index (κ1) is 17.7. The van der Waals surface area contributed by atoms with Gasteiger partial charge in [-0.05, 0) is 38.8 Å². The maximum absolute atomic E-state index is 12.8. The van der Waals surface area contributed by atoms with E-state index < -0.39 is 0 Å². The number of carbonyl (C=O) groups is 1. The standard InChI is InChI=1S/C22H26N4O/c1-15-8-11-17(12-9-15)22-19(26-20(24-22)13-10-16(2)25-26)14-21(27)23-18-6-4-3-5-7-18/h8-13,18H,3-7,14H2,1-2H3,(H,23,27). The zero-order chi connectivity index (χ0) is 18.8. The van der Waals surface area contributed by atoms with Crippen molar-refractivity contribution in [3.63, 3.8) is 0 Å². The van der Waals surface area contributed by atoms with E-state index in [4.69, 9.17) is 4.98 Å². The summed E-state index contributed by atoms with van der Waals surface area (Å²) in [5, 5.41) is 7.83. The number of benzene rings is 1. The van der Waals surface area contributed by atoms with E-state index in [-0.39, 0.29) is 12.3 Å². The van der Waals surface area contributed by atoms with Crippen LogP contribution in [0.25, 0.3) is 16.9 Å². The monoisotopic (exact) mass is 362 g/mol. The second-order valence-electron chi connectivity index (χ2n) is 7.60. The van der Waals surface area contributed by atoms with Gasteiger partial charge in [-0.25, -0.2) is 9.50 Å². The summed E-state index contributed by atoms with van der Waals surface area (Å²) in [5.74, 6) is 0.0559. The molecule has 5 nitrogen and oxygen atoms in total. The highest BCUT2D eigenvalue weighted by atomic mass is 16.1. The van der Waals surface area contributed by atoms with Crippen LogP contribution >= 0.6 is 0 Å². The summed E-state index contributed by atoms with van der Waals surface area (Å²) in [7, 11) is 0. The zero-order valence-electron chi connectivity index (χ0n) is 16.0. The molecule has 0 saturated heterocycles. The summed E-state index contributed by atoms with van der Waals surface area (Å²) >= 11 is 0. The van der Waals surface area contributed by atoms with Crippen LogP contribution < -0.4 is 5.32 Å². The van der Waals surface area contributed by atoms with E-state index in [1.165, 1.54) is 24.8 Å². The lowest BCUT2D eigenvalue weighted by atomic mass is 9.95. The lowest BCUT2D eigenvalue weighted by Crippen LogP contribution is -2.37. The number of imidazole rings is 1. The number of amides is 1. The molecule has 1 aliphatic rings. The second-order valence-corrected chi connectivity index (χ2v) is 7.60. The Balaban J connectivity index is 1.68. The predicted molar refractivity (Wildman–Crippen MR) is 107 cm³/mol. The van der Waals surface area contributed by atoms with Gasteiger partial charge in [0.15, 0.2) is 5.65 Å². The van der Waals surface area contributed by atoms with Crippen LogP contribution in [0.3, 0.4) is 0 Å². The first-order valence-corrected chi connectivity index (χ1v) is 9.82. The van der Waals surface area contributed by atoms with E-state index in [1.54, 1.807) is 0 Å². The number of aryl methyl sites for hydroxylation is 2. The van der Waals surface area contributed by atoms with Gasteiger partial charge in [0.1, 0.15) is 0 Å². The third-order valence-electron chi connectivity index (χ3n) is 5.33. The fraction of sp³-hybridized carbons (Fsp3) is 0.409. The molecule has 5 heteroatoms. The number of hydrogen-bond acceptors (Lipinski definition) is 3. The first-order valence-electron chi connectivity index (χ1n) is 9.82. The van der Waals surface area contributed by atoms with Gasteiger partial charge in [0.2, 0.25) is 5.91 Å². The molecule has 140 valence electrons. The molecule has 3 aromatic rings. The van der Waals surface area contributed by atoms with Crippen molar-refractivity contribution < 1.29 is 4.79 Å². The Hall–Kier alpha value is -2.69. The topological polar surface area (TPSA) is 59.3 Å². The molecule has 1 fully saturated rings. The summed E-state index contributed by atoms with van der Waals surface area (Å²) in [6, 6.07) is 12.5. The van der Waals surface area contributed by atoms with E-state index in [9.17, 15) is 4.79 Å². The smallest absolute Gasteiger partial charge is 0.226 e. The van der Waals surface area contributed by atoms with Crippen LogP contribution in [-0.2, 0) is 11.2 Å². The molecule has 1 N–H and O–H groups in total. The van der Waals surface area contributed by atoms with E-state index in [0.29, 0.717) is 6.04 Å². The van der Waals surface area contributed by atoms with Gasteiger partial charge >= 0.3 is 0 Å². The van der Waals surface area contributed by atoms with Crippen LogP contribution in [0.5, 0.6) is 0 Å². The molecule has 0 unspecified atom stereocenters. The van der Waals surface area contributed by atoms with Gasteiger partial charge in [-0.15, -0.1) is 0 Å². The highest BCUT2D eigenvalue weighted by molar-refractivity contribution is 5.81. The highest BCUT2D eigenvalue weighted by Gasteiger charge is 2.21. The third kappa shape index (κ3) is 3.87. The average Bonchev–Trinajstić information content (AvgIpc) is 3.01. The quantitative estimate of drug-likeness (QED) is 0.763. The van der Waals surface area contributed by atoms with Gasteiger partial charge in [0, 0.05) is 11.6 Å². The number of carbonyl (C=O) groups excluding carboxylic acids is 1. The van der Waals surface area contributed by atoms with E-state index in [1.807, 2.05) is 23.6 Å². The van der Waals surface area contributed by atoms with Crippen molar-refractivity contribution in [1.29, 1.82) is 0 Å². The highest BCUT2D eigenvalue weighted by Crippen LogP contribution is 2.25. The molecule has 4 rings (SSSR count). The molecule has 0 atom stereocenters. The summed E-state index contributed by atoms with van der Waals surface area (Å²) in [5.41, 5.74) is 5.59. The number of aromatic nitrogens is 3. The fourth-order valence-corrected chi connectivity index (χ4v) is 3.85. The van der Waals surface area contributed by atoms with Crippen LogP contribution in [0.15, 0.2) is 36.4 Å². The number of fused-ring (bicyclic) bond motifs is 1.